The van der Waals surface area contributed by atoms with Gasteiger partial charge in [-0.25, -0.2) is 4.39 Å². The molecule has 1 aliphatic rings. The maximum Gasteiger partial charge on any atom is 0.197 e. The maximum absolute atomic E-state index is 15.4. The normalized spacial score (nSPS) is 13.0. The van der Waals surface area contributed by atoms with E-state index in [9.17, 15) is 4.79 Å². The number of carbonyl (C=O) groups is 1. The summed E-state index contributed by atoms with van der Waals surface area (Å²) in [4.78, 5) is 15.1. The molecule has 0 aliphatic carbocycles. The van der Waals surface area contributed by atoms with Gasteiger partial charge in [0, 0.05) is 31.3 Å². The van der Waals surface area contributed by atoms with Crippen molar-refractivity contribution in [2.24, 2.45) is 0 Å². The Balaban J connectivity index is 1.93. The Kier molecular flexibility index (Phi) is 9.02. The molecule has 0 spiro atoms. The highest BCUT2D eigenvalue weighted by Crippen LogP contribution is 2.40. The predicted molar refractivity (Wildman–Crippen MR) is 142 cm³/mol. The number of rotatable bonds is 12. The lowest BCUT2D eigenvalue weighted by Gasteiger charge is -2.26. The smallest absolute Gasteiger partial charge is 0.197 e. The van der Waals surface area contributed by atoms with Crippen LogP contribution < -0.4 is 19.5 Å². The summed E-state index contributed by atoms with van der Waals surface area (Å²) in [5.74, 6) is 0.113. The van der Waals surface area contributed by atoms with Gasteiger partial charge in [0.1, 0.15) is 11.6 Å². The summed E-state index contributed by atoms with van der Waals surface area (Å²) in [5.41, 5.74) is 2.52. The van der Waals surface area contributed by atoms with Crippen molar-refractivity contribution in [2.45, 2.75) is 46.6 Å². The lowest BCUT2D eigenvalue weighted by atomic mass is 9.84. The van der Waals surface area contributed by atoms with Crippen LogP contribution in [0.15, 0.2) is 18.2 Å². The molecular formula is C28H38FN3O5. The molecule has 2 aromatic rings. The lowest BCUT2D eigenvalue weighted by Crippen LogP contribution is -2.31. The molecule has 0 unspecified atom stereocenters. The van der Waals surface area contributed by atoms with Crippen LogP contribution in [-0.2, 0) is 16.7 Å². The van der Waals surface area contributed by atoms with E-state index >= 15 is 4.39 Å². The molecule has 37 heavy (non-hydrogen) atoms. The van der Waals surface area contributed by atoms with Crippen LogP contribution in [0.2, 0.25) is 0 Å². The Morgan fingerprint density at radius 1 is 1.11 bits per heavy atom. The first-order valence-electron chi connectivity index (χ1n) is 12.5. The minimum Gasteiger partial charge on any atom is -0.494 e. The van der Waals surface area contributed by atoms with Gasteiger partial charge in [-0.1, -0.05) is 20.8 Å². The molecule has 1 heterocycles. The molecule has 0 amide bonds. The van der Waals surface area contributed by atoms with Crippen molar-refractivity contribution in [3.8, 4) is 17.2 Å². The van der Waals surface area contributed by atoms with Crippen molar-refractivity contribution in [1.82, 2.24) is 4.90 Å². The fraction of sp³-hybridized carbons (Fsp3) is 0.500. The second-order valence-electron chi connectivity index (χ2n) is 9.82. The van der Waals surface area contributed by atoms with Crippen LogP contribution in [0.4, 0.5) is 10.1 Å². The summed E-state index contributed by atoms with van der Waals surface area (Å²) in [7, 11) is 3.23. The number of ketones is 1. The topological polar surface area (TPSA) is 93.1 Å². The van der Waals surface area contributed by atoms with E-state index in [-0.39, 0.29) is 48.0 Å². The molecule has 0 saturated heterocycles. The molecule has 3 rings (SSSR count). The number of methoxy groups -OCH3 is 2. The molecule has 0 bridgehead atoms. The Bertz CT molecular complexity index is 1160. The van der Waals surface area contributed by atoms with Crippen LogP contribution in [0.1, 0.15) is 61.7 Å². The molecule has 2 N–H and O–H groups in total. The van der Waals surface area contributed by atoms with E-state index in [1.807, 2.05) is 13.0 Å². The van der Waals surface area contributed by atoms with Gasteiger partial charge in [0.05, 0.1) is 44.7 Å². The van der Waals surface area contributed by atoms with Gasteiger partial charge in [-0.15, -0.1) is 0 Å². The zero-order valence-electron chi connectivity index (χ0n) is 22.8. The summed E-state index contributed by atoms with van der Waals surface area (Å²) in [6, 6.07) is 5.31. The molecule has 0 saturated carbocycles. The van der Waals surface area contributed by atoms with Gasteiger partial charge in [-0.3, -0.25) is 10.2 Å². The van der Waals surface area contributed by atoms with E-state index in [0.717, 1.165) is 5.56 Å². The summed E-state index contributed by atoms with van der Waals surface area (Å²) in [6.45, 7) is 11.5. The predicted octanol–water partition coefficient (Wildman–Crippen LogP) is 5.01. The third-order valence-electron chi connectivity index (χ3n) is 6.15. The van der Waals surface area contributed by atoms with Gasteiger partial charge in [0.2, 0.25) is 0 Å². The SMILES string of the molecule is CCOc1cc2c(c(F)c1OCC)C(=N)N(CC(=O)c1cc(NCCOC)c(OC)c(C(C)(C)C)c1)C2. The minimum absolute atomic E-state index is 0.00206. The fourth-order valence-corrected chi connectivity index (χ4v) is 4.41. The zero-order valence-corrected chi connectivity index (χ0v) is 22.8. The number of anilines is 1. The number of nitrogens with one attached hydrogen (secondary N) is 2. The van der Waals surface area contributed by atoms with E-state index in [0.29, 0.717) is 48.1 Å². The molecule has 1 aliphatic heterocycles. The lowest BCUT2D eigenvalue weighted by molar-refractivity contribution is 0.0962. The van der Waals surface area contributed by atoms with Gasteiger partial charge in [0.15, 0.2) is 23.1 Å². The van der Waals surface area contributed by atoms with Crippen LogP contribution in [0.5, 0.6) is 17.2 Å². The number of benzene rings is 2. The third kappa shape index (κ3) is 5.98. The second-order valence-corrected chi connectivity index (χ2v) is 9.82. The van der Waals surface area contributed by atoms with Gasteiger partial charge in [-0.05, 0) is 43.0 Å². The quantitative estimate of drug-likeness (QED) is 0.303. The molecule has 0 atom stereocenters. The van der Waals surface area contributed by atoms with Crippen LogP contribution >= 0.6 is 0 Å². The number of carbonyl (C=O) groups excluding carboxylic acids is 1. The van der Waals surface area contributed by atoms with Crippen molar-refractivity contribution in [3.05, 3.63) is 46.3 Å². The summed E-state index contributed by atoms with van der Waals surface area (Å²) in [6.07, 6.45) is 0. The fourth-order valence-electron chi connectivity index (χ4n) is 4.41. The first-order chi connectivity index (χ1) is 17.6. The van der Waals surface area contributed by atoms with E-state index in [1.165, 1.54) is 0 Å². The molecular weight excluding hydrogens is 477 g/mol. The molecule has 8 nitrogen and oxygen atoms in total. The van der Waals surface area contributed by atoms with E-state index < -0.39 is 5.82 Å². The standard InChI is InChI=1S/C28H38FN3O5/c1-8-36-22-14-18-15-32(27(30)23(18)24(29)26(22)37-9-2)16-21(33)17-12-19(28(3,4)5)25(35-7)20(13-17)31-10-11-34-6/h12-14,30-31H,8-11,15-16H2,1-7H3. The Hall–Kier alpha value is -3.33. The number of hydrogen-bond acceptors (Lipinski definition) is 7. The van der Waals surface area contributed by atoms with E-state index in [2.05, 4.69) is 26.1 Å². The summed E-state index contributed by atoms with van der Waals surface area (Å²) >= 11 is 0. The van der Waals surface area contributed by atoms with Crippen LogP contribution in [0, 0.1) is 11.2 Å². The molecule has 0 fully saturated rings. The Labute approximate surface area is 218 Å². The highest BCUT2D eigenvalue weighted by atomic mass is 19.1. The number of fused-ring (bicyclic) bond motifs is 1. The molecule has 2 aromatic carbocycles. The highest BCUT2D eigenvalue weighted by molar-refractivity contribution is 6.06. The zero-order chi connectivity index (χ0) is 27.3. The molecule has 0 aromatic heterocycles. The minimum atomic E-state index is -0.633. The summed E-state index contributed by atoms with van der Waals surface area (Å²) < 4.78 is 37.3. The average Bonchev–Trinajstić information content (AvgIpc) is 3.15. The van der Waals surface area contributed by atoms with Crippen LogP contribution in [0.25, 0.3) is 0 Å². The second kappa shape index (κ2) is 11.8. The number of hydrogen-bond donors (Lipinski definition) is 2. The van der Waals surface area contributed by atoms with Crippen molar-refractivity contribution >= 4 is 17.3 Å². The molecule has 0 radical (unpaired) electrons. The summed E-state index contributed by atoms with van der Waals surface area (Å²) in [5, 5.41) is 11.9. The number of halogens is 1. The molecule has 9 heteroatoms. The largest absolute Gasteiger partial charge is 0.494 e. The van der Waals surface area contributed by atoms with Gasteiger partial charge < -0.3 is 29.2 Å². The van der Waals surface area contributed by atoms with Gasteiger partial charge in [0.25, 0.3) is 0 Å². The average molecular weight is 516 g/mol. The number of Topliss-reactive ketones (excluding diaryl/α,β-unsaturated/α-hetero) is 1. The van der Waals surface area contributed by atoms with Gasteiger partial charge in [-0.2, -0.15) is 0 Å². The van der Waals surface area contributed by atoms with Gasteiger partial charge >= 0.3 is 0 Å². The maximum atomic E-state index is 15.4. The van der Waals surface area contributed by atoms with Crippen LogP contribution in [0.3, 0.4) is 0 Å². The third-order valence-corrected chi connectivity index (χ3v) is 6.15. The highest BCUT2D eigenvalue weighted by Gasteiger charge is 2.33. The van der Waals surface area contributed by atoms with E-state index in [4.69, 9.17) is 24.4 Å². The number of ether oxygens (including phenoxy) is 4. The Morgan fingerprint density at radius 2 is 1.81 bits per heavy atom. The van der Waals surface area contributed by atoms with Crippen molar-refractivity contribution in [3.63, 3.8) is 0 Å². The van der Waals surface area contributed by atoms with Crippen molar-refractivity contribution in [1.29, 1.82) is 5.41 Å². The van der Waals surface area contributed by atoms with Crippen LogP contribution in [-0.4, -0.2) is 63.6 Å². The molecule has 202 valence electrons. The Morgan fingerprint density at radius 3 is 2.41 bits per heavy atom. The monoisotopic (exact) mass is 515 g/mol. The number of amidine groups is 1. The first kappa shape index (κ1) is 28.2. The number of nitrogens with zero attached hydrogens (tertiary/aromatic N) is 1. The first-order valence-corrected chi connectivity index (χ1v) is 12.5. The van der Waals surface area contributed by atoms with Crippen molar-refractivity contribution < 1.29 is 28.1 Å². The van der Waals surface area contributed by atoms with Crippen molar-refractivity contribution in [2.75, 3.05) is 52.4 Å². The van der Waals surface area contributed by atoms with E-state index in [1.54, 1.807) is 38.2 Å².